The Bertz CT molecular complexity index is 863. The van der Waals surface area contributed by atoms with E-state index in [1.54, 1.807) is 0 Å². The molecule has 0 heterocycles. The lowest BCUT2D eigenvalue weighted by atomic mass is 9.78. The zero-order chi connectivity index (χ0) is 22.8. The Hall–Kier alpha value is -2.05. The van der Waals surface area contributed by atoms with Crippen molar-refractivity contribution in [3.05, 3.63) is 58.7 Å². The van der Waals surface area contributed by atoms with E-state index in [0.717, 1.165) is 37.3 Å². The maximum Gasteiger partial charge on any atom is 0.422 e. The van der Waals surface area contributed by atoms with Crippen LogP contribution in [-0.2, 0) is 12.6 Å². The molecule has 7 heteroatoms. The number of aryl methyl sites for hydroxylation is 1. The van der Waals surface area contributed by atoms with Crippen molar-refractivity contribution in [2.75, 3.05) is 0 Å². The van der Waals surface area contributed by atoms with Crippen molar-refractivity contribution in [3.63, 3.8) is 0 Å². The topological polar surface area (TPSA) is 0 Å². The highest BCUT2D eigenvalue weighted by Crippen LogP contribution is 2.38. The van der Waals surface area contributed by atoms with Crippen molar-refractivity contribution >= 4 is 0 Å². The largest absolute Gasteiger partial charge is 0.422 e. The van der Waals surface area contributed by atoms with Crippen LogP contribution in [0.2, 0.25) is 0 Å². The first-order valence-corrected chi connectivity index (χ1v) is 10.6. The standard InChI is InChI=1S/C24H25F7/c1-2-3-14-4-6-15(7-5-14)8-9-16-10-18(25)22(19(26)11-16)17-12-20(27)23(21(28)13-17)24(29,30)31/h10-15H,2-9H2,1H3. The van der Waals surface area contributed by atoms with E-state index in [4.69, 9.17) is 0 Å². The van der Waals surface area contributed by atoms with Crippen molar-refractivity contribution < 1.29 is 30.7 Å². The van der Waals surface area contributed by atoms with Crippen LogP contribution in [0.1, 0.15) is 63.0 Å². The summed E-state index contributed by atoms with van der Waals surface area (Å²) in [5.41, 5.74) is -3.02. The van der Waals surface area contributed by atoms with Gasteiger partial charge >= 0.3 is 6.18 Å². The van der Waals surface area contributed by atoms with Gasteiger partial charge < -0.3 is 0 Å². The van der Waals surface area contributed by atoms with Gasteiger partial charge in [0, 0.05) is 0 Å². The maximum atomic E-state index is 14.6. The molecule has 31 heavy (non-hydrogen) atoms. The predicted molar refractivity (Wildman–Crippen MR) is 105 cm³/mol. The quantitative estimate of drug-likeness (QED) is 0.391. The third-order valence-electron chi connectivity index (χ3n) is 6.22. The highest BCUT2D eigenvalue weighted by Gasteiger charge is 2.38. The number of benzene rings is 2. The number of alkyl halides is 3. The first-order chi connectivity index (χ1) is 14.6. The minimum Gasteiger partial charge on any atom is -0.206 e. The molecule has 0 nitrogen and oxygen atoms in total. The zero-order valence-electron chi connectivity index (χ0n) is 17.3. The summed E-state index contributed by atoms with van der Waals surface area (Å²) < 4.78 is 95.0. The van der Waals surface area contributed by atoms with Gasteiger partial charge in [0.05, 0.1) is 5.56 Å². The van der Waals surface area contributed by atoms with Crippen molar-refractivity contribution in [1.29, 1.82) is 0 Å². The van der Waals surface area contributed by atoms with E-state index in [-0.39, 0.29) is 0 Å². The van der Waals surface area contributed by atoms with Crippen molar-refractivity contribution in [3.8, 4) is 11.1 Å². The van der Waals surface area contributed by atoms with E-state index in [0.29, 0.717) is 30.0 Å². The lowest BCUT2D eigenvalue weighted by molar-refractivity contribution is -0.142. The lowest BCUT2D eigenvalue weighted by Gasteiger charge is -2.28. The van der Waals surface area contributed by atoms with Crippen LogP contribution in [0, 0.1) is 35.1 Å². The van der Waals surface area contributed by atoms with Crippen molar-refractivity contribution in [2.24, 2.45) is 11.8 Å². The summed E-state index contributed by atoms with van der Waals surface area (Å²) in [6, 6.07) is 2.80. The molecule has 0 aliphatic heterocycles. The molecule has 0 saturated heterocycles. The average Bonchev–Trinajstić information content (AvgIpc) is 2.65. The molecule has 1 saturated carbocycles. The normalized spacial score (nSPS) is 19.6. The molecular weight excluding hydrogens is 421 g/mol. The van der Waals surface area contributed by atoms with Gasteiger partial charge in [-0.3, -0.25) is 0 Å². The van der Waals surface area contributed by atoms with Gasteiger partial charge in [0.1, 0.15) is 28.8 Å². The molecule has 0 atom stereocenters. The Labute approximate surface area is 177 Å². The summed E-state index contributed by atoms with van der Waals surface area (Å²) in [6.07, 6.45) is 2.95. The van der Waals surface area contributed by atoms with Crippen LogP contribution >= 0.6 is 0 Å². The SMILES string of the molecule is CCCC1CCC(CCc2cc(F)c(-c3cc(F)c(C(F)(F)F)c(F)c3)c(F)c2)CC1. The Morgan fingerprint density at radius 2 is 1.23 bits per heavy atom. The highest BCUT2D eigenvalue weighted by molar-refractivity contribution is 5.66. The molecular formula is C24H25F7. The number of hydrogen-bond donors (Lipinski definition) is 0. The van der Waals surface area contributed by atoms with Gasteiger partial charge in [-0.15, -0.1) is 0 Å². The van der Waals surface area contributed by atoms with Crippen LogP contribution in [0.25, 0.3) is 11.1 Å². The molecule has 1 aliphatic carbocycles. The third kappa shape index (κ3) is 5.60. The van der Waals surface area contributed by atoms with Gasteiger partial charge in [-0.05, 0) is 60.1 Å². The number of hydrogen-bond acceptors (Lipinski definition) is 0. The molecule has 0 spiro atoms. The maximum absolute atomic E-state index is 14.6. The molecule has 2 aromatic rings. The molecule has 0 amide bonds. The fourth-order valence-electron chi connectivity index (χ4n) is 4.62. The second-order valence-corrected chi connectivity index (χ2v) is 8.46. The van der Waals surface area contributed by atoms with Gasteiger partial charge in [0.15, 0.2) is 0 Å². The molecule has 3 rings (SSSR count). The fraction of sp³-hybridized carbons (Fsp3) is 0.500. The van der Waals surface area contributed by atoms with Crippen LogP contribution in [0.5, 0.6) is 0 Å². The Morgan fingerprint density at radius 3 is 1.68 bits per heavy atom. The Morgan fingerprint density at radius 1 is 0.742 bits per heavy atom. The molecule has 1 fully saturated rings. The molecule has 0 unspecified atom stereocenters. The van der Waals surface area contributed by atoms with E-state index in [1.807, 2.05) is 0 Å². The lowest BCUT2D eigenvalue weighted by Crippen LogP contribution is -2.15. The van der Waals surface area contributed by atoms with E-state index >= 15 is 0 Å². The van der Waals surface area contributed by atoms with Gasteiger partial charge in [-0.25, -0.2) is 17.6 Å². The first kappa shape index (κ1) is 23.6. The van der Waals surface area contributed by atoms with Crippen LogP contribution < -0.4 is 0 Å². The molecule has 0 bridgehead atoms. The van der Waals surface area contributed by atoms with Gasteiger partial charge in [0.25, 0.3) is 0 Å². The van der Waals surface area contributed by atoms with Crippen molar-refractivity contribution in [1.82, 2.24) is 0 Å². The second-order valence-electron chi connectivity index (χ2n) is 8.46. The summed E-state index contributed by atoms with van der Waals surface area (Å²) in [7, 11) is 0. The van der Waals surface area contributed by atoms with E-state index in [1.165, 1.54) is 25.7 Å². The van der Waals surface area contributed by atoms with E-state index in [9.17, 15) is 30.7 Å². The molecule has 0 aromatic heterocycles. The average molecular weight is 446 g/mol. The zero-order valence-corrected chi connectivity index (χ0v) is 17.3. The van der Waals surface area contributed by atoms with Gasteiger partial charge in [-0.1, -0.05) is 45.4 Å². The smallest absolute Gasteiger partial charge is 0.206 e. The number of rotatable bonds is 6. The summed E-state index contributed by atoms with van der Waals surface area (Å²) >= 11 is 0. The van der Waals surface area contributed by atoms with Gasteiger partial charge in [-0.2, -0.15) is 13.2 Å². The minimum atomic E-state index is -5.25. The highest BCUT2D eigenvalue weighted by atomic mass is 19.4. The first-order valence-electron chi connectivity index (χ1n) is 10.6. The monoisotopic (exact) mass is 446 g/mol. The van der Waals surface area contributed by atoms with Gasteiger partial charge in [0.2, 0.25) is 0 Å². The van der Waals surface area contributed by atoms with Crippen molar-refractivity contribution in [2.45, 2.75) is 64.5 Å². The fourth-order valence-corrected chi connectivity index (χ4v) is 4.62. The molecule has 170 valence electrons. The minimum absolute atomic E-state index is 0.307. The Balaban J connectivity index is 1.74. The summed E-state index contributed by atoms with van der Waals surface area (Å²) in [5.74, 6) is -4.68. The molecule has 2 aromatic carbocycles. The molecule has 0 radical (unpaired) electrons. The van der Waals surface area contributed by atoms with Crippen LogP contribution in [-0.4, -0.2) is 0 Å². The van der Waals surface area contributed by atoms with Crippen LogP contribution in [0.4, 0.5) is 30.7 Å². The number of halogens is 7. The van der Waals surface area contributed by atoms with E-state index < -0.39 is 46.1 Å². The summed E-state index contributed by atoms with van der Waals surface area (Å²) in [6.45, 7) is 2.17. The van der Waals surface area contributed by atoms with E-state index in [2.05, 4.69) is 6.92 Å². The second kappa shape index (κ2) is 9.61. The van der Waals surface area contributed by atoms with Crippen LogP contribution in [0.3, 0.4) is 0 Å². The summed E-state index contributed by atoms with van der Waals surface area (Å²) in [4.78, 5) is 0. The molecule has 0 N–H and O–H groups in total. The summed E-state index contributed by atoms with van der Waals surface area (Å²) in [5, 5.41) is 0. The predicted octanol–water partition coefficient (Wildman–Crippen LogP) is 8.47. The third-order valence-corrected chi connectivity index (χ3v) is 6.22. The molecule has 1 aliphatic rings. The Kier molecular flexibility index (Phi) is 7.32. The van der Waals surface area contributed by atoms with Crippen LogP contribution in [0.15, 0.2) is 24.3 Å².